The Balaban J connectivity index is 2.31. The van der Waals surface area contributed by atoms with Gasteiger partial charge in [-0.05, 0) is 13.0 Å². The van der Waals surface area contributed by atoms with Gasteiger partial charge in [-0.1, -0.05) is 53.0 Å². The molecular formula is C17H12Cl2F3N3O2. The molecule has 1 atom stereocenters. The molecule has 0 fully saturated rings. The van der Waals surface area contributed by atoms with E-state index in [-0.39, 0.29) is 21.7 Å². The van der Waals surface area contributed by atoms with Crippen molar-refractivity contribution in [2.75, 3.05) is 7.11 Å². The summed E-state index contributed by atoms with van der Waals surface area (Å²) in [4.78, 5) is 20.6. The molecule has 0 bridgehead atoms. The predicted octanol–water partition coefficient (Wildman–Crippen LogP) is 4.10. The summed E-state index contributed by atoms with van der Waals surface area (Å²) < 4.78 is 46.1. The van der Waals surface area contributed by atoms with Crippen molar-refractivity contribution < 1.29 is 22.7 Å². The summed E-state index contributed by atoms with van der Waals surface area (Å²) in [5.41, 5.74) is -2.26. The van der Waals surface area contributed by atoms with E-state index in [4.69, 9.17) is 23.2 Å². The summed E-state index contributed by atoms with van der Waals surface area (Å²) in [6.07, 6.45) is -2.60. The number of nitrogens with zero attached hydrogens (tertiary/aromatic N) is 3. The molecule has 142 valence electrons. The lowest BCUT2D eigenvalue weighted by molar-refractivity contribution is -0.202. The maximum atomic E-state index is 13.9. The molecule has 0 aromatic heterocycles. The number of carbonyl (C=O) groups is 1. The number of fused-ring (bicyclic) bond motifs is 1. The molecule has 0 saturated heterocycles. The smallest absolute Gasteiger partial charge is 0.445 e. The number of aliphatic imine (C=N–C) groups is 2. The van der Waals surface area contributed by atoms with E-state index < -0.39 is 17.8 Å². The molecular weight excluding hydrogens is 406 g/mol. The van der Waals surface area contributed by atoms with Crippen molar-refractivity contribution in [1.82, 2.24) is 4.90 Å². The number of methoxy groups -OCH3 is 1. The van der Waals surface area contributed by atoms with E-state index >= 15 is 0 Å². The summed E-state index contributed by atoms with van der Waals surface area (Å²) in [7, 11) is 0.832. The Morgan fingerprint density at radius 2 is 1.74 bits per heavy atom. The zero-order valence-electron chi connectivity index (χ0n) is 14.0. The molecule has 0 unspecified atom stereocenters. The molecule has 1 aromatic rings. The zero-order valence-corrected chi connectivity index (χ0v) is 15.5. The lowest BCUT2D eigenvalue weighted by Gasteiger charge is -2.36. The van der Waals surface area contributed by atoms with Crippen LogP contribution in [-0.4, -0.2) is 41.5 Å². The van der Waals surface area contributed by atoms with Gasteiger partial charge in [0.15, 0.2) is 5.84 Å². The van der Waals surface area contributed by atoms with E-state index in [0.29, 0.717) is 5.56 Å². The van der Waals surface area contributed by atoms with E-state index in [1.54, 1.807) is 24.3 Å². The Hall–Kier alpha value is -2.32. The van der Waals surface area contributed by atoms with Gasteiger partial charge in [-0.3, -0.25) is 4.90 Å². The van der Waals surface area contributed by atoms with Gasteiger partial charge in [0.2, 0.25) is 0 Å². The highest BCUT2D eigenvalue weighted by molar-refractivity contribution is 6.47. The lowest BCUT2D eigenvalue weighted by atomic mass is 10.1. The SMILES string of the molecule is COC(=O)[C@]1(C(F)(F)F)N=C2C(Cl)=CC(Cl)=CN2C(c2ccc(C)cc2)=N1. The first-order chi connectivity index (χ1) is 12.6. The number of alkyl halides is 3. The average molecular weight is 418 g/mol. The first kappa shape index (κ1) is 19.4. The Kier molecular flexibility index (Phi) is 4.81. The number of esters is 1. The fraction of sp³-hybridized carbons (Fsp3) is 0.235. The topological polar surface area (TPSA) is 54.3 Å². The standard InChI is InChI=1S/C17H12Cl2F3N3O2/c1-9-3-5-10(6-4-9)13-23-16(15(26)27-2,17(20,21)22)24-14-12(19)7-11(18)8-25(13)14/h3-8H,1-2H3/t16-/m1/s1. The number of amidine groups is 2. The first-order valence-corrected chi connectivity index (χ1v) is 8.30. The van der Waals surface area contributed by atoms with Crippen LogP contribution in [0.1, 0.15) is 11.1 Å². The number of carbonyl (C=O) groups excluding carboxylic acids is 1. The van der Waals surface area contributed by atoms with Crippen molar-refractivity contribution in [3.8, 4) is 0 Å². The third kappa shape index (κ3) is 3.23. The fourth-order valence-corrected chi connectivity index (χ4v) is 3.07. The Labute approximate surface area is 162 Å². The molecule has 0 radical (unpaired) electrons. The number of aryl methyl sites for hydroxylation is 1. The number of ether oxygens (including phenoxy) is 1. The van der Waals surface area contributed by atoms with E-state index in [0.717, 1.165) is 12.7 Å². The summed E-state index contributed by atoms with van der Waals surface area (Å²) >= 11 is 12.1. The van der Waals surface area contributed by atoms with Crippen molar-refractivity contribution in [3.63, 3.8) is 0 Å². The maximum absolute atomic E-state index is 13.9. The molecule has 0 aliphatic carbocycles. The molecule has 27 heavy (non-hydrogen) atoms. The average Bonchev–Trinajstić information content (AvgIpc) is 2.60. The molecule has 0 saturated carbocycles. The molecule has 10 heteroatoms. The largest absolute Gasteiger partial charge is 0.465 e. The van der Waals surface area contributed by atoms with Crippen LogP contribution in [-0.2, 0) is 9.53 Å². The summed E-state index contributed by atoms with van der Waals surface area (Å²) in [5.74, 6) is -2.17. The van der Waals surface area contributed by atoms with Gasteiger partial charge in [-0.15, -0.1) is 0 Å². The maximum Gasteiger partial charge on any atom is 0.445 e. The minimum absolute atomic E-state index is 0.163. The number of hydrogen-bond donors (Lipinski definition) is 0. The Morgan fingerprint density at radius 1 is 1.15 bits per heavy atom. The van der Waals surface area contributed by atoms with Crippen LogP contribution < -0.4 is 0 Å². The van der Waals surface area contributed by atoms with Crippen LogP contribution in [0.5, 0.6) is 0 Å². The minimum Gasteiger partial charge on any atom is -0.465 e. The van der Waals surface area contributed by atoms with Crippen LogP contribution in [0.4, 0.5) is 13.2 Å². The lowest BCUT2D eigenvalue weighted by Crippen LogP contribution is -2.56. The molecule has 3 rings (SSSR count). The number of halogens is 5. The van der Waals surface area contributed by atoms with Crippen LogP contribution in [0, 0.1) is 6.92 Å². The number of benzene rings is 1. The van der Waals surface area contributed by atoms with Crippen LogP contribution in [0.25, 0.3) is 0 Å². The first-order valence-electron chi connectivity index (χ1n) is 7.55. The van der Waals surface area contributed by atoms with Crippen LogP contribution in [0.3, 0.4) is 0 Å². The number of hydrogen-bond acceptors (Lipinski definition) is 5. The van der Waals surface area contributed by atoms with Crippen LogP contribution in [0.2, 0.25) is 0 Å². The Morgan fingerprint density at radius 3 is 2.30 bits per heavy atom. The van der Waals surface area contributed by atoms with Crippen molar-refractivity contribution in [1.29, 1.82) is 0 Å². The van der Waals surface area contributed by atoms with E-state index in [1.165, 1.54) is 17.2 Å². The van der Waals surface area contributed by atoms with Gasteiger partial charge in [0.25, 0.3) is 0 Å². The van der Waals surface area contributed by atoms with Gasteiger partial charge >= 0.3 is 17.8 Å². The molecule has 2 aliphatic heterocycles. The predicted molar refractivity (Wildman–Crippen MR) is 95.7 cm³/mol. The van der Waals surface area contributed by atoms with Gasteiger partial charge in [-0.25, -0.2) is 14.8 Å². The van der Waals surface area contributed by atoms with E-state index in [1.807, 2.05) is 6.92 Å². The number of allylic oxidation sites excluding steroid dienone is 2. The highest BCUT2D eigenvalue weighted by atomic mass is 35.5. The summed E-state index contributed by atoms with van der Waals surface area (Å²) in [6, 6.07) is 6.54. The van der Waals surface area contributed by atoms with Crippen molar-refractivity contribution in [2.45, 2.75) is 18.8 Å². The second-order valence-electron chi connectivity index (χ2n) is 5.77. The molecule has 2 heterocycles. The van der Waals surface area contributed by atoms with Crippen molar-refractivity contribution >= 4 is 40.8 Å². The van der Waals surface area contributed by atoms with Gasteiger partial charge in [0, 0.05) is 11.8 Å². The summed E-state index contributed by atoms with van der Waals surface area (Å²) in [6.45, 7) is 1.82. The molecule has 0 amide bonds. The van der Waals surface area contributed by atoms with Gasteiger partial charge in [0.05, 0.1) is 17.2 Å². The summed E-state index contributed by atoms with van der Waals surface area (Å²) in [5, 5.41) is -0.00382. The fourth-order valence-electron chi connectivity index (χ4n) is 2.56. The quantitative estimate of drug-likeness (QED) is 0.680. The van der Waals surface area contributed by atoms with Crippen LogP contribution >= 0.6 is 23.2 Å². The molecule has 0 N–H and O–H groups in total. The third-order valence-corrected chi connectivity index (χ3v) is 4.38. The minimum atomic E-state index is -5.16. The van der Waals surface area contributed by atoms with Crippen LogP contribution in [0.15, 0.2) is 56.6 Å². The molecule has 1 aromatic carbocycles. The number of rotatable bonds is 2. The molecule has 2 aliphatic rings. The third-order valence-electron chi connectivity index (χ3n) is 3.90. The van der Waals surface area contributed by atoms with Gasteiger partial charge in [-0.2, -0.15) is 13.2 Å². The highest BCUT2D eigenvalue weighted by Crippen LogP contribution is 2.41. The highest BCUT2D eigenvalue weighted by Gasteiger charge is 2.65. The zero-order chi connectivity index (χ0) is 20.0. The molecule has 0 spiro atoms. The van der Waals surface area contributed by atoms with Crippen molar-refractivity contribution in [3.05, 3.63) is 57.7 Å². The van der Waals surface area contributed by atoms with Gasteiger partial charge < -0.3 is 4.74 Å². The monoisotopic (exact) mass is 417 g/mol. The Bertz CT molecular complexity index is 920. The second-order valence-corrected chi connectivity index (χ2v) is 6.62. The second kappa shape index (κ2) is 6.69. The normalized spacial score (nSPS) is 22.3. The molecule has 5 nitrogen and oxygen atoms in total. The van der Waals surface area contributed by atoms with E-state index in [9.17, 15) is 18.0 Å². The van der Waals surface area contributed by atoms with Gasteiger partial charge in [0.1, 0.15) is 5.84 Å². The van der Waals surface area contributed by atoms with Crippen molar-refractivity contribution in [2.24, 2.45) is 9.98 Å². The van der Waals surface area contributed by atoms with E-state index in [2.05, 4.69) is 14.7 Å².